The molecule has 0 saturated carbocycles. The first-order valence-electron chi connectivity index (χ1n) is 2.87. The molecule has 0 amide bonds. The van der Waals surface area contributed by atoms with Crippen LogP contribution in [0.15, 0.2) is 0 Å². The Labute approximate surface area is 57.5 Å². The van der Waals surface area contributed by atoms with Crippen LogP contribution in [0.4, 0.5) is 0 Å². The lowest BCUT2D eigenvalue weighted by molar-refractivity contribution is -0.335. The van der Waals surface area contributed by atoms with Crippen molar-refractivity contribution in [3.8, 4) is 0 Å². The zero-order chi connectivity index (χ0) is 7.99. The zero-order valence-corrected chi connectivity index (χ0v) is 5.48. The lowest BCUT2D eigenvalue weighted by atomic mass is 10.1. The van der Waals surface area contributed by atoms with Gasteiger partial charge < -0.3 is 25.2 Å². The van der Waals surface area contributed by atoms with E-state index < -0.39 is 17.7 Å². The van der Waals surface area contributed by atoms with Gasteiger partial charge in [-0.05, 0) is 6.92 Å². The highest BCUT2D eigenvalue weighted by Gasteiger charge is 2.57. The summed E-state index contributed by atoms with van der Waals surface area (Å²) in [6.07, 6.45) is -1.46. The molecule has 0 aromatic heterocycles. The number of aliphatic hydroxyl groups is 4. The summed E-state index contributed by atoms with van der Waals surface area (Å²) in [6, 6.07) is 0. The van der Waals surface area contributed by atoms with Crippen LogP contribution in [0.1, 0.15) is 6.92 Å². The Morgan fingerprint density at radius 3 is 2.00 bits per heavy atom. The molecule has 1 aliphatic heterocycles. The zero-order valence-electron chi connectivity index (χ0n) is 5.48. The van der Waals surface area contributed by atoms with E-state index in [-0.39, 0.29) is 6.61 Å². The molecule has 1 heterocycles. The second-order valence-corrected chi connectivity index (χ2v) is 2.54. The first-order chi connectivity index (χ1) is 4.38. The van der Waals surface area contributed by atoms with Crippen molar-refractivity contribution in [2.75, 3.05) is 6.61 Å². The third-order valence-corrected chi connectivity index (χ3v) is 1.67. The number of aliphatic hydroxyl groups excluding tert-OH is 1. The number of ether oxygens (including phenoxy) is 1. The Morgan fingerprint density at radius 2 is 1.90 bits per heavy atom. The van der Waals surface area contributed by atoms with E-state index in [9.17, 15) is 0 Å². The average molecular weight is 151 g/mol. The van der Waals surface area contributed by atoms with Crippen LogP contribution < -0.4 is 0 Å². The Hall–Kier alpha value is -0.200. The predicted molar refractivity (Wildman–Crippen MR) is 29.8 cm³/mol. The lowest BCUT2D eigenvalue weighted by Crippen LogP contribution is -2.54. The van der Waals surface area contributed by atoms with Crippen molar-refractivity contribution in [3.63, 3.8) is 0 Å². The molecule has 0 aromatic rings. The maximum atomic E-state index is 9.01. The standard InChI is InChI=1S/C5H10O5/c1-4(7)5(8,9)3(6)2-10-4/h3,6-9H,2H2,1H3/t3-,4+/m0/s1/i1+1. The summed E-state index contributed by atoms with van der Waals surface area (Å²) in [7, 11) is 0. The van der Waals surface area contributed by atoms with E-state index in [4.69, 9.17) is 20.4 Å². The van der Waals surface area contributed by atoms with Gasteiger partial charge in [0.1, 0.15) is 6.10 Å². The molecule has 10 heavy (non-hydrogen) atoms. The largest absolute Gasteiger partial charge is 0.385 e. The van der Waals surface area contributed by atoms with E-state index >= 15 is 0 Å². The molecular weight excluding hydrogens is 141 g/mol. The molecule has 1 aliphatic rings. The van der Waals surface area contributed by atoms with Crippen molar-refractivity contribution < 1.29 is 25.2 Å². The second-order valence-electron chi connectivity index (χ2n) is 2.54. The monoisotopic (exact) mass is 151 g/mol. The minimum absolute atomic E-state index is 0.278. The van der Waals surface area contributed by atoms with Crippen LogP contribution in [0.3, 0.4) is 0 Å². The maximum Gasteiger partial charge on any atom is 0.247 e. The van der Waals surface area contributed by atoms with Gasteiger partial charge in [-0.3, -0.25) is 0 Å². The van der Waals surface area contributed by atoms with Gasteiger partial charge in [-0.15, -0.1) is 0 Å². The van der Waals surface area contributed by atoms with Crippen molar-refractivity contribution in [1.82, 2.24) is 0 Å². The van der Waals surface area contributed by atoms with E-state index in [2.05, 4.69) is 4.74 Å². The molecule has 1 rings (SSSR count). The van der Waals surface area contributed by atoms with Gasteiger partial charge in [0.2, 0.25) is 11.6 Å². The highest BCUT2D eigenvalue weighted by atomic mass is 16.7. The van der Waals surface area contributed by atoms with Crippen molar-refractivity contribution in [2.24, 2.45) is 0 Å². The maximum absolute atomic E-state index is 9.01. The van der Waals surface area contributed by atoms with Crippen molar-refractivity contribution in [2.45, 2.75) is 24.6 Å². The highest BCUT2D eigenvalue weighted by molar-refractivity contribution is 4.92. The summed E-state index contributed by atoms with van der Waals surface area (Å²) < 4.78 is 4.47. The van der Waals surface area contributed by atoms with Gasteiger partial charge in [0, 0.05) is 0 Å². The summed E-state index contributed by atoms with van der Waals surface area (Å²) in [6.45, 7) is 0.795. The molecule has 0 spiro atoms. The van der Waals surface area contributed by atoms with Crippen LogP contribution in [-0.4, -0.2) is 44.7 Å². The summed E-state index contributed by atoms with van der Waals surface area (Å²) in [4.78, 5) is 0. The Bertz CT molecular complexity index is 141. The van der Waals surface area contributed by atoms with Gasteiger partial charge in [0.15, 0.2) is 0 Å². The van der Waals surface area contributed by atoms with Gasteiger partial charge in [-0.1, -0.05) is 0 Å². The molecule has 1 fully saturated rings. The van der Waals surface area contributed by atoms with Crippen molar-refractivity contribution in [3.05, 3.63) is 0 Å². The number of rotatable bonds is 0. The molecule has 0 bridgehead atoms. The molecular formula is C5H10O5. The molecule has 0 unspecified atom stereocenters. The molecule has 4 N–H and O–H groups in total. The summed E-state index contributed by atoms with van der Waals surface area (Å²) in [5.74, 6) is -4.64. The highest BCUT2D eigenvalue weighted by Crippen LogP contribution is 2.31. The molecule has 1 saturated heterocycles. The smallest absolute Gasteiger partial charge is 0.247 e. The van der Waals surface area contributed by atoms with Gasteiger partial charge in [-0.25, -0.2) is 0 Å². The Morgan fingerprint density at radius 1 is 1.40 bits per heavy atom. The summed E-state index contributed by atoms with van der Waals surface area (Å²) in [5.41, 5.74) is 0. The van der Waals surface area contributed by atoms with Crippen LogP contribution in [0.2, 0.25) is 0 Å². The fraction of sp³-hybridized carbons (Fsp3) is 1.00. The first kappa shape index (κ1) is 7.90. The van der Waals surface area contributed by atoms with E-state index in [0.717, 1.165) is 6.92 Å². The third kappa shape index (κ3) is 0.834. The Balaban J connectivity index is 2.84. The van der Waals surface area contributed by atoms with Crippen LogP contribution in [0.25, 0.3) is 0 Å². The molecule has 5 heteroatoms. The second kappa shape index (κ2) is 1.90. The molecule has 5 nitrogen and oxygen atoms in total. The van der Waals surface area contributed by atoms with E-state index in [1.165, 1.54) is 0 Å². The number of hydrogen-bond acceptors (Lipinski definition) is 5. The SMILES string of the molecule is [13CH3][C@@]1(O)OC[C@H](O)C1(O)O. The van der Waals surface area contributed by atoms with E-state index in [1.54, 1.807) is 0 Å². The van der Waals surface area contributed by atoms with Gasteiger partial charge in [0.05, 0.1) is 6.61 Å². The summed E-state index contributed by atoms with van der Waals surface area (Å²) in [5, 5.41) is 35.7. The minimum Gasteiger partial charge on any atom is -0.385 e. The number of hydrogen-bond donors (Lipinski definition) is 4. The lowest BCUT2D eigenvalue weighted by Gasteiger charge is -2.28. The van der Waals surface area contributed by atoms with Crippen LogP contribution in [0, 0.1) is 0 Å². The van der Waals surface area contributed by atoms with Gasteiger partial charge in [-0.2, -0.15) is 0 Å². The fourth-order valence-corrected chi connectivity index (χ4v) is 0.773. The van der Waals surface area contributed by atoms with E-state index in [1.807, 2.05) is 0 Å². The third-order valence-electron chi connectivity index (χ3n) is 1.67. The van der Waals surface area contributed by atoms with Crippen molar-refractivity contribution >= 4 is 0 Å². The average Bonchev–Trinajstić information content (AvgIpc) is 1.94. The van der Waals surface area contributed by atoms with Gasteiger partial charge in [0.25, 0.3) is 0 Å². The molecule has 0 aromatic carbocycles. The molecule has 60 valence electrons. The normalized spacial score (nSPS) is 45.9. The fourth-order valence-electron chi connectivity index (χ4n) is 0.773. The first-order valence-corrected chi connectivity index (χ1v) is 2.87. The predicted octanol–water partition coefficient (Wildman–Crippen LogP) is -2.23. The van der Waals surface area contributed by atoms with Gasteiger partial charge >= 0.3 is 0 Å². The molecule has 0 aliphatic carbocycles. The minimum atomic E-state index is -2.56. The van der Waals surface area contributed by atoms with Crippen LogP contribution in [0.5, 0.6) is 0 Å². The molecule has 2 atom stereocenters. The summed E-state index contributed by atoms with van der Waals surface area (Å²) >= 11 is 0. The topological polar surface area (TPSA) is 90.2 Å². The van der Waals surface area contributed by atoms with Crippen LogP contribution in [-0.2, 0) is 4.74 Å². The molecule has 0 radical (unpaired) electrons. The van der Waals surface area contributed by atoms with Crippen molar-refractivity contribution in [1.29, 1.82) is 0 Å². The van der Waals surface area contributed by atoms with E-state index in [0.29, 0.717) is 0 Å². The quantitative estimate of drug-likeness (QED) is 0.232. The van der Waals surface area contributed by atoms with Crippen LogP contribution >= 0.6 is 0 Å². The Kier molecular flexibility index (Phi) is 1.50.